The summed E-state index contributed by atoms with van der Waals surface area (Å²) in [6.07, 6.45) is -10.2. The fourth-order valence-corrected chi connectivity index (χ4v) is 4.70. The number of nitrogens with one attached hydrogen (secondary N) is 1. The lowest BCUT2D eigenvalue weighted by atomic mass is 9.81. The second-order valence-electron chi connectivity index (χ2n) is 8.62. The molecule has 1 rings (SSSR count). The van der Waals surface area contributed by atoms with Crippen LogP contribution in [0.15, 0.2) is 35.2 Å². The zero-order valence-electron chi connectivity index (χ0n) is 18.6. The van der Waals surface area contributed by atoms with E-state index in [1.807, 2.05) is 0 Å². The normalized spacial score (nSPS) is 16.1. The number of rotatable bonds is 12. The van der Waals surface area contributed by atoms with Gasteiger partial charge in [-0.15, -0.1) is 0 Å². The lowest BCUT2D eigenvalue weighted by Gasteiger charge is -2.41. The summed E-state index contributed by atoms with van der Waals surface area (Å²) < 4.78 is 198. The molecule has 37 heavy (non-hydrogen) atoms. The third-order valence-electron chi connectivity index (χ3n) is 5.40. The smallest absolute Gasteiger partial charge is 0.211 e. The van der Waals surface area contributed by atoms with Crippen molar-refractivity contribution in [2.45, 2.75) is 71.3 Å². The standard InChI is InChI=1S/C19H19F13INO2S/c1-13(2,8-9-34-37(35,36)11-6-4-3-5-7-11)12(33)10-14(20,21)15(22,23)16(24,25)17(26,27)18(28,29)19(30,31)32/h3-7,12,34H,8-10H2,1-2H3. The maximum Gasteiger partial charge on any atom is 0.460 e. The minimum atomic E-state index is -7.95. The van der Waals surface area contributed by atoms with Crippen LogP contribution in [0.2, 0.25) is 0 Å². The Morgan fingerprint density at radius 3 is 1.62 bits per heavy atom. The average molecular weight is 699 g/mol. The van der Waals surface area contributed by atoms with Crippen molar-refractivity contribution < 1.29 is 65.5 Å². The summed E-state index contributed by atoms with van der Waals surface area (Å²) in [6, 6.07) is 6.67. The number of hydrogen-bond acceptors (Lipinski definition) is 2. The fourth-order valence-electron chi connectivity index (χ4n) is 2.78. The highest BCUT2D eigenvalue weighted by atomic mass is 127. The predicted octanol–water partition coefficient (Wildman–Crippen LogP) is 7.31. The van der Waals surface area contributed by atoms with E-state index in [0.29, 0.717) is 0 Å². The Hall–Kier alpha value is -1.05. The van der Waals surface area contributed by atoms with Gasteiger partial charge in [0, 0.05) is 16.9 Å². The summed E-state index contributed by atoms with van der Waals surface area (Å²) in [6.45, 7) is 1.71. The van der Waals surface area contributed by atoms with Crippen molar-refractivity contribution in [2.24, 2.45) is 5.41 Å². The molecular formula is C19H19F13INO2S. The van der Waals surface area contributed by atoms with Crippen LogP contribution in [0, 0.1) is 5.41 Å². The monoisotopic (exact) mass is 699 g/mol. The minimum Gasteiger partial charge on any atom is -0.211 e. The number of alkyl halides is 14. The van der Waals surface area contributed by atoms with Crippen molar-refractivity contribution in [3.8, 4) is 0 Å². The molecule has 1 atom stereocenters. The molecule has 0 bridgehead atoms. The van der Waals surface area contributed by atoms with E-state index in [0.717, 1.165) is 36.4 Å². The molecule has 0 aliphatic heterocycles. The molecule has 3 nitrogen and oxygen atoms in total. The number of hydrogen-bond donors (Lipinski definition) is 1. The zero-order chi connectivity index (χ0) is 29.5. The van der Waals surface area contributed by atoms with Crippen LogP contribution in [0.25, 0.3) is 0 Å². The van der Waals surface area contributed by atoms with Crippen molar-refractivity contribution in [2.75, 3.05) is 6.54 Å². The van der Waals surface area contributed by atoms with E-state index < -0.39 is 74.5 Å². The van der Waals surface area contributed by atoms with Gasteiger partial charge in [-0.3, -0.25) is 0 Å². The Balaban J connectivity index is 3.10. The lowest BCUT2D eigenvalue weighted by molar-refractivity contribution is -0.440. The van der Waals surface area contributed by atoms with Gasteiger partial charge in [-0.25, -0.2) is 13.1 Å². The molecule has 18 heteroatoms. The van der Waals surface area contributed by atoms with Crippen molar-refractivity contribution in [3.05, 3.63) is 30.3 Å². The highest BCUT2D eigenvalue weighted by Gasteiger charge is 2.90. The molecule has 1 aromatic rings. The number of sulfonamides is 1. The largest absolute Gasteiger partial charge is 0.460 e. The summed E-state index contributed by atoms with van der Waals surface area (Å²) in [5.41, 5.74) is -1.59. The Morgan fingerprint density at radius 1 is 0.757 bits per heavy atom. The Bertz CT molecular complexity index is 1030. The second kappa shape index (κ2) is 10.5. The van der Waals surface area contributed by atoms with Crippen molar-refractivity contribution in [1.82, 2.24) is 4.72 Å². The zero-order valence-corrected chi connectivity index (χ0v) is 21.6. The SMILES string of the molecule is CC(C)(CCNS(=O)(=O)c1ccccc1)C(I)CC(F)(F)C(F)(F)C(F)(F)C(F)(F)C(F)(F)C(F)(F)F. The van der Waals surface area contributed by atoms with Crippen molar-refractivity contribution in [1.29, 1.82) is 0 Å². The summed E-state index contributed by atoms with van der Waals surface area (Å²) >= 11 is 1.05. The number of benzene rings is 1. The first-order valence-corrected chi connectivity index (χ1v) is 12.6. The van der Waals surface area contributed by atoms with E-state index in [-0.39, 0.29) is 4.90 Å². The molecule has 0 fully saturated rings. The first kappa shape index (κ1) is 34.0. The van der Waals surface area contributed by atoms with E-state index in [1.165, 1.54) is 30.3 Å². The Morgan fingerprint density at radius 2 is 1.19 bits per heavy atom. The van der Waals surface area contributed by atoms with Gasteiger partial charge in [0.1, 0.15) is 0 Å². The Kier molecular flexibility index (Phi) is 9.64. The predicted molar refractivity (Wildman–Crippen MR) is 113 cm³/mol. The highest BCUT2D eigenvalue weighted by Crippen LogP contribution is 2.61. The third-order valence-corrected chi connectivity index (χ3v) is 9.00. The van der Waals surface area contributed by atoms with Crippen LogP contribution in [0.4, 0.5) is 57.1 Å². The van der Waals surface area contributed by atoms with Crippen molar-refractivity contribution >= 4 is 32.6 Å². The molecule has 1 N–H and O–H groups in total. The van der Waals surface area contributed by atoms with Crippen LogP contribution >= 0.6 is 22.6 Å². The quantitative estimate of drug-likeness (QED) is 0.141. The topological polar surface area (TPSA) is 46.2 Å². The van der Waals surface area contributed by atoms with Gasteiger partial charge in [0.25, 0.3) is 0 Å². The molecule has 0 heterocycles. The highest BCUT2D eigenvalue weighted by molar-refractivity contribution is 14.1. The van der Waals surface area contributed by atoms with Gasteiger partial charge < -0.3 is 0 Å². The average Bonchev–Trinajstić information content (AvgIpc) is 2.72. The molecule has 216 valence electrons. The van der Waals surface area contributed by atoms with Gasteiger partial charge in [0.2, 0.25) is 10.0 Å². The van der Waals surface area contributed by atoms with Crippen LogP contribution < -0.4 is 4.72 Å². The van der Waals surface area contributed by atoms with Gasteiger partial charge in [-0.1, -0.05) is 54.6 Å². The minimum absolute atomic E-state index is 0.191. The second-order valence-corrected chi connectivity index (χ2v) is 11.9. The van der Waals surface area contributed by atoms with Gasteiger partial charge in [0.05, 0.1) is 4.90 Å². The summed E-state index contributed by atoms with van der Waals surface area (Å²) in [5.74, 6) is -37.1. The molecule has 0 amide bonds. The van der Waals surface area contributed by atoms with Crippen molar-refractivity contribution in [3.63, 3.8) is 0 Å². The molecule has 0 saturated heterocycles. The van der Waals surface area contributed by atoms with Crippen LogP contribution in [-0.4, -0.2) is 54.7 Å². The van der Waals surface area contributed by atoms with E-state index in [1.54, 1.807) is 0 Å². The summed E-state index contributed by atoms with van der Waals surface area (Å²) in [7, 11) is -4.09. The molecule has 0 saturated carbocycles. The van der Waals surface area contributed by atoms with Crippen LogP contribution in [0.5, 0.6) is 0 Å². The molecule has 0 aliphatic rings. The van der Waals surface area contributed by atoms with Gasteiger partial charge in [-0.2, -0.15) is 57.1 Å². The molecule has 1 unspecified atom stereocenters. The first-order valence-electron chi connectivity index (χ1n) is 9.83. The maximum atomic E-state index is 14.2. The van der Waals surface area contributed by atoms with Crippen LogP contribution in [-0.2, 0) is 10.0 Å². The molecule has 0 radical (unpaired) electrons. The lowest BCUT2D eigenvalue weighted by Crippen LogP contribution is -2.70. The summed E-state index contributed by atoms with van der Waals surface area (Å²) in [4.78, 5) is -0.191. The third kappa shape index (κ3) is 6.41. The molecular weight excluding hydrogens is 680 g/mol. The van der Waals surface area contributed by atoms with E-state index in [4.69, 9.17) is 0 Å². The van der Waals surface area contributed by atoms with Gasteiger partial charge in [0.15, 0.2) is 0 Å². The van der Waals surface area contributed by atoms with E-state index in [2.05, 4.69) is 4.72 Å². The first-order chi connectivity index (χ1) is 16.2. The van der Waals surface area contributed by atoms with Crippen LogP contribution in [0.1, 0.15) is 26.7 Å². The Labute approximate surface area is 216 Å². The van der Waals surface area contributed by atoms with Crippen LogP contribution in [0.3, 0.4) is 0 Å². The van der Waals surface area contributed by atoms with Gasteiger partial charge >= 0.3 is 35.8 Å². The van der Waals surface area contributed by atoms with E-state index >= 15 is 0 Å². The molecule has 0 aliphatic carbocycles. The fraction of sp³-hybridized carbons (Fsp3) is 0.684. The number of halogens is 14. The van der Waals surface area contributed by atoms with E-state index in [9.17, 15) is 65.5 Å². The van der Waals surface area contributed by atoms with Gasteiger partial charge in [-0.05, 0) is 24.0 Å². The molecule has 0 spiro atoms. The maximum absolute atomic E-state index is 14.2. The molecule has 1 aromatic carbocycles. The summed E-state index contributed by atoms with van der Waals surface area (Å²) in [5, 5.41) is 0. The molecule has 0 aromatic heterocycles.